The summed E-state index contributed by atoms with van der Waals surface area (Å²) in [5, 5.41) is 5.13. The summed E-state index contributed by atoms with van der Waals surface area (Å²) in [6.45, 7) is 3.78. The fraction of sp³-hybridized carbons (Fsp3) is 0.429. The number of hydrogen-bond donors (Lipinski definition) is 3. The fourth-order valence-electron chi connectivity index (χ4n) is 0.847. The molecule has 3 N–H and O–H groups in total. The summed E-state index contributed by atoms with van der Waals surface area (Å²) < 4.78 is 0. The highest BCUT2D eigenvalue weighted by Gasteiger charge is 2.02. The highest BCUT2D eigenvalue weighted by molar-refractivity contribution is 5.86. The smallest absolute Gasteiger partial charge is 0.351 e. The lowest BCUT2D eigenvalue weighted by atomic mass is 10.7. The number of aromatic amines is 1. The van der Waals surface area contributed by atoms with E-state index in [4.69, 9.17) is 0 Å². The highest BCUT2D eigenvalue weighted by Crippen LogP contribution is 1.97. The van der Waals surface area contributed by atoms with E-state index >= 15 is 0 Å². The van der Waals surface area contributed by atoms with E-state index in [0.717, 1.165) is 0 Å². The average Bonchev–Trinajstić information content (AvgIpc) is 2.01. The number of aromatic nitrogens is 3. The van der Waals surface area contributed by atoms with Crippen molar-refractivity contribution in [3.63, 3.8) is 0 Å². The van der Waals surface area contributed by atoms with Crippen molar-refractivity contribution in [2.24, 2.45) is 0 Å². The van der Waals surface area contributed by atoms with Gasteiger partial charge in [-0.3, -0.25) is 15.1 Å². The predicted molar refractivity (Wildman–Crippen MR) is 51.1 cm³/mol. The molecule has 1 rings (SSSR count). The minimum Gasteiger partial charge on any atom is -0.354 e. The van der Waals surface area contributed by atoms with Gasteiger partial charge in [-0.1, -0.05) is 0 Å². The second kappa shape index (κ2) is 4.35. The van der Waals surface area contributed by atoms with Crippen LogP contribution in [0.1, 0.15) is 13.8 Å². The van der Waals surface area contributed by atoms with Gasteiger partial charge >= 0.3 is 5.69 Å². The average molecular weight is 197 g/mol. The summed E-state index contributed by atoms with van der Waals surface area (Å²) in [7, 11) is 0. The maximum absolute atomic E-state index is 11.0. The number of anilines is 2. The van der Waals surface area contributed by atoms with Crippen molar-refractivity contribution in [2.75, 3.05) is 17.2 Å². The van der Waals surface area contributed by atoms with Crippen molar-refractivity contribution in [3.8, 4) is 0 Å². The summed E-state index contributed by atoms with van der Waals surface area (Å²) in [5.41, 5.74) is -0.556. The minimum atomic E-state index is -0.556. The highest BCUT2D eigenvalue weighted by atomic mass is 16.2. The maximum atomic E-state index is 11.0. The van der Waals surface area contributed by atoms with Gasteiger partial charge in [-0.15, -0.1) is 0 Å². The van der Waals surface area contributed by atoms with Crippen molar-refractivity contribution in [1.29, 1.82) is 0 Å². The molecule has 0 aliphatic carbocycles. The SMILES string of the molecule is CCNc1nc(NC(C)=O)[nH]c(=O)n1. The third-order valence-corrected chi connectivity index (χ3v) is 1.28. The molecule has 0 unspecified atom stereocenters. The van der Waals surface area contributed by atoms with Crippen LogP contribution in [0.4, 0.5) is 11.9 Å². The molecule has 0 spiro atoms. The number of nitrogens with one attached hydrogen (secondary N) is 3. The van der Waals surface area contributed by atoms with Gasteiger partial charge in [0.15, 0.2) is 0 Å². The number of hydrogen-bond acceptors (Lipinski definition) is 5. The largest absolute Gasteiger partial charge is 0.354 e. The molecular formula is C7H11N5O2. The number of carbonyl (C=O) groups is 1. The number of H-pyrrole nitrogens is 1. The van der Waals surface area contributed by atoms with Crippen LogP contribution in [-0.2, 0) is 4.79 Å². The lowest BCUT2D eigenvalue weighted by Crippen LogP contribution is -2.20. The molecule has 0 saturated heterocycles. The van der Waals surface area contributed by atoms with Crippen LogP contribution in [0.5, 0.6) is 0 Å². The van der Waals surface area contributed by atoms with Crippen LogP contribution >= 0.6 is 0 Å². The summed E-state index contributed by atoms with van der Waals surface area (Å²) in [6.07, 6.45) is 0. The van der Waals surface area contributed by atoms with Gasteiger partial charge in [-0.05, 0) is 6.92 Å². The lowest BCUT2D eigenvalue weighted by Gasteiger charge is -2.03. The van der Waals surface area contributed by atoms with E-state index in [1.54, 1.807) is 0 Å². The molecule has 1 amide bonds. The first-order valence-corrected chi connectivity index (χ1v) is 4.11. The van der Waals surface area contributed by atoms with Gasteiger partial charge in [0.05, 0.1) is 0 Å². The Balaban J connectivity index is 2.94. The first-order chi connectivity index (χ1) is 6.61. The van der Waals surface area contributed by atoms with E-state index in [9.17, 15) is 9.59 Å². The Morgan fingerprint density at radius 1 is 1.50 bits per heavy atom. The molecule has 0 aliphatic rings. The lowest BCUT2D eigenvalue weighted by molar-refractivity contribution is -0.114. The Hall–Kier alpha value is -1.92. The molecule has 76 valence electrons. The van der Waals surface area contributed by atoms with E-state index in [1.807, 2.05) is 6.92 Å². The fourth-order valence-corrected chi connectivity index (χ4v) is 0.847. The molecule has 7 nitrogen and oxygen atoms in total. The van der Waals surface area contributed by atoms with Crippen LogP contribution in [0.25, 0.3) is 0 Å². The van der Waals surface area contributed by atoms with E-state index in [0.29, 0.717) is 6.54 Å². The van der Waals surface area contributed by atoms with Gasteiger partial charge in [0.25, 0.3) is 0 Å². The molecule has 0 saturated carbocycles. The zero-order valence-corrected chi connectivity index (χ0v) is 7.92. The van der Waals surface area contributed by atoms with E-state index in [2.05, 4.69) is 25.6 Å². The van der Waals surface area contributed by atoms with Crippen molar-refractivity contribution in [3.05, 3.63) is 10.5 Å². The normalized spacial score (nSPS) is 9.57. The van der Waals surface area contributed by atoms with Gasteiger partial charge in [0.2, 0.25) is 17.8 Å². The molecule has 0 aliphatic heterocycles. The minimum absolute atomic E-state index is 0.0912. The molecule has 1 aromatic heterocycles. The molecule has 0 atom stereocenters. The predicted octanol–water partition coefficient (Wildman–Crippen LogP) is -0.445. The van der Waals surface area contributed by atoms with E-state index in [-0.39, 0.29) is 17.8 Å². The van der Waals surface area contributed by atoms with Gasteiger partial charge in [-0.2, -0.15) is 9.97 Å². The number of amides is 1. The molecule has 0 fully saturated rings. The van der Waals surface area contributed by atoms with Crippen LogP contribution in [0.3, 0.4) is 0 Å². The van der Waals surface area contributed by atoms with Crippen LogP contribution in [0, 0.1) is 0 Å². The van der Waals surface area contributed by atoms with Crippen molar-refractivity contribution in [1.82, 2.24) is 15.0 Å². The molecule has 0 aromatic carbocycles. The number of carbonyl (C=O) groups excluding carboxylic acids is 1. The second-order valence-corrected chi connectivity index (χ2v) is 2.54. The molecule has 7 heteroatoms. The zero-order chi connectivity index (χ0) is 10.6. The zero-order valence-electron chi connectivity index (χ0n) is 7.92. The van der Waals surface area contributed by atoms with Crippen LogP contribution in [0.15, 0.2) is 4.79 Å². The Labute approximate surface area is 80.0 Å². The maximum Gasteiger partial charge on any atom is 0.351 e. The summed E-state index contributed by atoms with van der Waals surface area (Å²) >= 11 is 0. The van der Waals surface area contributed by atoms with Crippen molar-refractivity contribution >= 4 is 17.8 Å². The summed E-state index contributed by atoms with van der Waals surface area (Å²) in [5.74, 6) is -0.0183. The molecule has 14 heavy (non-hydrogen) atoms. The monoisotopic (exact) mass is 197 g/mol. The van der Waals surface area contributed by atoms with Gasteiger partial charge in [-0.25, -0.2) is 4.79 Å². The van der Waals surface area contributed by atoms with Gasteiger partial charge in [0, 0.05) is 13.5 Å². The summed E-state index contributed by atoms with van der Waals surface area (Å²) in [4.78, 5) is 31.3. The summed E-state index contributed by atoms with van der Waals surface area (Å²) in [6, 6.07) is 0. The van der Waals surface area contributed by atoms with Crippen molar-refractivity contribution in [2.45, 2.75) is 13.8 Å². The first kappa shape index (κ1) is 10.2. The molecular weight excluding hydrogens is 186 g/mol. The van der Waals surface area contributed by atoms with E-state index < -0.39 is 5.69 Å². The van der Waals surface area contributed by atoms with E-state index in [1.165, 1.54) is 6.92 Å². The molecule has 0 radical (unpaired) electrons. The second-order valence-electron chi connectivity index (χ2n) is 2.54. The standard InChI is InChI=1S/C7H11N5O2/c1-3-8-5-10-6(9-4(2)13)12-7(14)11-5/h3H2,1-2H3,(H3,8,9,10,11,12,13,14). The van der Waals surface area contributed by atoms with Crippen LogP contribution < -0.4 is 16.3 Å². The number of nitrogens with zero attached hydrogens (tertiary/aromatic N) is 2. The Morgan fingerprint density at radius 3 is 2.79 bits per heavy atom. The number of rotatable bonds is 3. The first-order valence-electron chi connectivity index (χ1n) is 4.11. The third kappa shape index (κ3) is 2.85. The molecule has 1 aromatic rings. The third-order valence-electron chi connectivity index (χ3n) is 1.28. The van der Waals surface area contributed by atoms with Crippen LogP contribution in [0.2, 0.25) is 0 Å². The quantitative estimate of drug-likeness (QED) is 0.609. The molecule has 1 heterocycles. The Morgan fingerprint density at radius 2 is 2.21 bits per heavy atom. The van der Waals surface area contributed by atoms with Crippen molar-refractivity contribution < 1.29 is 4.79 Å². The van der Waals surface area contributed by atoms with Gasteiger partial charge < -0.3 is 5.32 Å². The van der Waals surface area contributed by atoms with Crippen LogP contribution in [-0.4, -0.2) is 27.4 Å². The molecule has 0 bridgehead atoms. The topological polar surface area (TPSA) is 99.8 Å². The van der Waals surface area contributed by atoms with Gasteiger partial charge in [0.1, 0.15) is 0 Å². The Kier molecular flexibility index (Phi) is 3.16. The Bertz CT molecular complexity index is 386.